The fourth-order valence-electron chi connectivity index (χ4n) is 3.12. The lowest BCUT2D eigenvalue weighted by molar-refractivity contribution is -0.137. The highest BCUT2D eigenvalue weighted by molar-refractivity contribution is 9.10. The summed E-state index contributed by atoms with van der Waals surface area (Å²) in [6.45, 7) is 0.749. The number of benzene rings is 3. The number of rotatable bonds is 9. The van der Waals surface area contributed by atoms with Crippen molar-refractivity contribution in [1.29, 1.82) is 0 Å². The van der Waals surface area contributed by atoms with Gasteiger partial charge in [-0.3, -0.25) is 4.79 Å². The number of nitrogens with zero attached hydrogens (tertiary/aromatic N) is 1. The van der Waals surface area contributed by atoms with Gasteiger partial charge in [0, 0.05) is 17.1 Å². The third-order valence-corrected chi connectivity index (χ3v) is 7.74. The second kappa shape index (κ2) is 11.0. The predicted octanol–water partition coefficient (Wildman–Crippen LogP) is 6.14. The molecule has 180 valence electrons. The Hall–Kier alpha value is -2.30. The Kier molecular flexibility index (Phi) is 8.48. The quantitative estimate of drug-likeness (QED) is 0.323. The molecule has 3 aromatic carbocycles. The number of hydrogen-bond donors (Lipinski definition) is 1. The van der Waals surface area contributed by atoms with E-state index in [0.29, 0.717) is 21.3 Å². The summed E-state index contributed by atoms with van der Waals surface area (Å²) >= 11 is 15.7. The van der Waals surface area contributed by atoms with Crippen molar-refractivity contribution in [2.75, 3.05) is 13.7 Å². The van der Waals surface area contributed by atoms with Gasteiger partial charge in [0.25, 0.3) is 0 Å². The average Bonchev–Trinajstić information content (AvgIpc) is 2.77. The summed E-state index contributed by atoms with van der Waals surface area (Å²) in [6, 6.07) is 14.3. The molecule has 0 spiro atoms. The molecule has 0 fully saturated rings. The van der Waals surface area contributed by atoms with Gasteiger partial charge in [0.15, 0.2) is 5.75 Å². The molecule has 3 rings (SSSR count). The Balaban J connectivity index is 1.98. The number of aliphatic carboxylic acids is 1. The van der Waals surface area contributed by atoms with Gasteiger partial charge in [-0.1, -0.05) is 57.3 Å². The summed E-state index contributed by atoms with van der Waals surface area (Å²) in [5, 5.41) is 9.84. The zero-order valence-electron chi connectivity index (χ0n) is 18.1. The van der Waals surface area contributed by atoms with Gasteiger partial charge in [-0.15, -0.1) is 0 Å². The van der Waals surface area contributed by atoms with E-state index >= 15 is 0 Å². The van der Waals surface area contributed by atoms with E-state index in [9.17, 15) is 18.3 Å². The van der Waals surface area contributed by atoms with E-state index in [1.807, 2.05) is 0 Å². The van der Waals surface area contributed by atoms with Gasteiger partial charge in [-0.2, -0.15) is 4.31 Å². The number of halogens is 3. The zero-order valence-corrected chi connectivity index (χ0v) is 22.0. The first-order valence-electron chi connectivity index (χ1n) is 9.79. The van der Waals surface area contributed by atoms with Crippen molar-refractivity contribution in [2.45, 2.75) is 18.4 Å². The van der Waals surface area contributed by atoms with Crippen LogP contribution < -0.4 is 9.47 Å². The summed E-state index contributed by atoms with van der Waals surface area (Å²) in [7, 11) is -2.70. The molecule has 0 aliphatic rings. The Morgan fingerprint density at radius 2 is 1.62 bits per heavy atom. The molecule has 0 aliphatic carbocycles. The van der Waals surface area contributed by atoms with Gasteiger partial charge >= 0.3 is 5.97 Å². The van der Waals surface area contributed by atoms with Crippen LogP contribution >= 0.6 is 39.1 Å². The Labute approximate surface area is 216 Å². The molecule has 0 aromatic heterocycles. The molecule has 0 radical (unpaired) electrons. The number of aryl methyl sites for hydroxylation is 1. The van der Waals surface area contributed by atoms with E-state index in [0.717, 1.165) is 4.31 Å². The van der Waals surface area contributed by atoms with E-state index in [1.54, 1.807) is 55.5 Å². The number of carboxylic acids is 1. The molecule has 34 heavy (non-hydrogen) atoms. The molecule has 11 heteroatoms. The van der Waals surface area contributed by atoms with Gasteiger partial charge in [-0.05, 0) is 48.4 Å². The van der Waals surface area contributed by atoms with Crippen molar-refractivity contribution >= 4 is 55.1 Å². The van der Waals surface area contributed by atoms with Crippen molar-refractivity contribution in [3.05, 3.63) is 80.2 Å². The smallest absolute Gasteiger partial charge is 0.318 e. The van der Waals surface area contributed by atoms with Gasteiger partial charge < -0.3 is 14.6 Å². The lowest BCUT2D eigenvalue weighted by Crippen LogP contribution is -2.35. The number of sulfonamides is 1. The normalized spacial score (nSPS) is 11.5. The highest BCUT2D eigenvalue weighted by Gasteiger charge is 2.29. The number of methoxy groups -OCH3 is 1. The molecule has 0 saturated heterocycles. The van der Waals surface area contributed by atoms with Crippen LogP contribution in [0, 0.1) is 6.92 Å². The van der Waals surface area contributed by atoms with E-state index < -0.39 is 22.5 Å². The fraction of sp³-hybridized carbons (Fsp3) is 0.174. The maximum absolute atomic E-state index is 13.5. The molecule has 3 aromatic rings. The lowest BCUT2D eigenvalue weighted by atomic mass is 10.2. The number of hydrogen-bond acceptors (Lipinski definition) is 5. The van der Waals surface area contributed by atoms with Crippen LogP contribution in [0.15, 0.2) is 64.0 Å². The summed E-state index contributed by atoms with van der Waals surface area (Å²) in [5.74, 6) is -0.340. The molecule has 0 amide bonds. The van der Waals surface area contributed by atoms with Crippen LogP contribution in [0.2, 0.25) is 10.0 Å². The van der Waals surface area contributed by atoms with E-state index in [2.05, 4.69) is 15.9 Å². The average molecular weight is 589 g/mol. The molecule has 0 unspecified atom stereocenters. The molecule has 0 saturated carbocycles. The second-order valence-corrected chi connectivity index (χ2v) is 10.9. The molecule has 0 atom stereocenters. The van der Waals surface area contributed by atoms with Gasteiger partial charge in [0.2, 0.25) is 10.0 Å². The first kappa shape index (κ1) is 26.3. The van der Waals surface area contributed by atoms with Crippen molar-refractivity contribution < 1.29 is 27.8 Å². The summed E-state index contributed by atoms with van der Waals surface area (Å²) < 4.78 is 39.5. The third-order valence-electron chi connectivity index (χ3n) is 4.79. The number of carboxylic acid groups (broad SMARTS) is 1. The van der Waals surface area contributed by atoms with Crippen LogP contribution in [-0.2, 0) is 21.4 Å². The van der Waals surface area contributed by atoms with E-state index in [4.69, 9.17) is 32.7 Å². The molecule has 0 aliphatic heterocycles. The van der Waals surface area contributed by atoms with Crippen LogP contribution in [0.5, 0.6) is 17.2 Å². The minimum Gasteiger partial charge on any atom is -0.497 e. The van der Waals surface area contributed by atoms with Crippen molar-refractivity contribution in [3.8, 4) is 17.2 Å². The van der Waals surface area contributed by atoms with Crippen LogP contribution in [0.3, 0.4) is 0 Å². The highest BCUT2D eigenvalue weighted by atomic mass is 79.9. The monoisotopic (exact) mass is 587 g/mol. The fourth-order valence-corrected chi connectivity index (χ4v) is 6.02. The molecular weight excluding hydrogens is 569 g/mol. The summed E-state index contributed by atoms with van der Waals surface area (Å²) in [6.07, 6.45) is 0. The van der Waals surface area contributed by atoms with Crippen molar-refractivity contribution in [1.82, 2.24) is 4.31 Å². The molecule has 1 N–H and O–H groups in total. The molecule has 0 bridgehead atoms. The predicted molar refractivity (Wildman–Crippen MR) is 134 cm³/mol. The van der Waals surface area contributed by atoms with Crippen molar-refractivity contribution in [2.24, 2.45) is 0 Å². The Morgan fingerprint density at radius 3 is 2.18 bits per heavy atom. The van der Waals surface area contributed by atoms with Gasteiger partial charge in [-0.25, -0.2) is 8.42 Å². The lowest BCUT2D eigenvalue weighted by Gasteiger charge is -2.22. The third kappa shape index (κ3) is 6.22. The zero-order chi connectivity index (χ0) is 25.0. The number of carbonyl (C=O) groups is 1. The minimum atomic E-state index is -4.21. The van der Waals surface area contributed by atoms with Crippen molar-refractivity contribution in [3.63, 3.8) is 0 Å². The highest BCUT2D eigenvalue weighted by Crippen LogP contribution is 2.39. The maximum Gasteiger partial charge on any atom is 0.318 e. The summed E-state index contributed by atoms with van der Waals surface area (Å²) in [4.78, 5) is 11.4. The van der Waals surface area contributed by atoms with E-state index in [-0.39, 0.29) is 33.0 Å². The molecule has 7 nitrogen and oxygen atoms in total. The van der Waals surface area contributed by atoms with Gasteiger partial charge in [0.05, 0.1) is 22.1 Å². The van der Waals surface area contributed by atoms with Crippen LogP contribution in [0.1, 0.15) is 11.1 Å². The van der Waals surface area contributed by atoms with Crippen LogP contribution in [0.4, 0.5) is 0 Å². The van der Waals surface area contributed by atoms with Crippen LogP contribution in [-0.4, -0.2) is 37.5 Å². The topological polar surface area (TPSA) is 93.1 Å². The largest absolute Gasteiger partial charge is 0.497 e. The molecular formula is C23H20BrCl2NO6S. The number of ether oxygens (including phenoxy) is 2. The van der Waals surface area contributed by atoms with Crippen LogP contribution in [0.25, 0.3) is 0 Å². The first-order chi connectivity index (χ1) is 16.0. The molecule has 0 heterocycles. The first-order valence-corrected chi connectivity index (χ1v) is 12.8. The van der Waals surface area contributed by atoms with Gasteiger partial charge in [0.1, 0.15) is 18.0 Å². The SMILES string of the molecule is COc1ccc(CN(CC(=O)O)S(=O)(=O)c2cc(Oc3c(Cl)cc(Br)cc3Cl)ccc2C)cc1. The summed E-state index contributed by atoms with van der Waals surface area (Å²) in [5.41, 5.74) is 1.02. The Bertz CT molecular complexity index is 1290. The minimum absolute atomic E-state index is 0.0934. The Morgan fingerprint density at radius 1 is 1.03 bits per heavy atom. The second-order valence-electron chi connectivity index (χ2n) is 7.24. The van der Waals surface area contributed by atoms with E-state index in [1.165, 1.54) is 13.2 Å². The maximum atomic E-state index is 13.5. The standard InChI is InChI=1S/C23H20BrCl2NO6S/c1-14-3-6-18(33-23-19(25)9-16(24)10-20(23)26)11-21(14)34(30,31)27(13-22(28)29)12-15-4-7-17(32-2)8-5-15/h3-11H,12-13H2,1-2H3,(H,28,29).